The van der Waals surface area contributed by atoms with E-state index in [-0.39, 0.29) is 24.0 Å². The molecule has 0 saturated carbocycles. The molecule has 134 valence electrons. The van der Waals surface area contributed by atoms with Crippen molar-refractivity contribution in [3.8, 4) is 11.5 Å². The number of amides is 1. The van der Waals surface area contributed by atoms with Crippen LogP contribution in [0.2, 0.25) is 0 Å². The average molecular weight is 367 g/mol. The van der Waals surface area contributed by atoms with E-state index in [0.717, 1.165) is 10.4 Å². The van der Waals surface area contributed by atoms with E-state index >= 15 is 0 Å². The van der Waals surface area contributed by atoms with Gasteiger partial charge in [0.15, 0.2) is 5.76 Å². The van der Waals surface area contributed by atoms with Gasteiger partial charge in [-0.25, -0.2) is 8.42 Å². The van der Waals surface area contributed by atoms with E-state index in [2.05, 4.69) is 17.1 Å². The van der Waals surface area contributed by atoms with Crippen molar-refractivity contribution in [2.75, 3.05) is 13.2 Å². The summed E-state index contributed by atoms with van der Waals surface area (Å²) in [4.78, 5) is 11.4. The summed E-state index contributed by atoms with van der Waals surface area (Å²) < 4.78 is 37.1. The fourth-order valence-corrected chi connectivity index (χ4v) is 4.35. The zero-order valence-electron chi connectivity index (χ0n) is 13.2. The Kier molecular flexibility index (Phi) is 4.75. The number of carbonyl (C=O) groups excluding carboxylic acids is 1. The molecular weight excluding hydrogens is 350 g/mol. The number of nitrogens with one attached hydrogen (secondary N) is 1. The predicted molar refractivity (Wildman–Crippen MR) is 85.7 cm³/mol. The molecule has 9 nitrogen and oxygen atoms in total. The zero-order chi connectivity index (χ0) is 18.0. The average Bonchev–Trinajstić information content (AvgIpc) is 3.33. The minimum absolute atomic E-state index is 0.0332. The number of aliphatic hydroxyl groups is 1. The first-order valence-corrected chi connectivity index (χ1v) is 8.96. The molecule has 1 amide bonds. The molecule has 25 heavy (non-hydrogen) atoms. The number of sulfonamides is 1. The Hall–Kier alpha value is -2.43. The number of carbonyl (C=O) groups is 1. The second-order valence-corrected chi connectivity index (χ2v) is 7.37. The van der Waals surface area contributed by atoms with Crippen LogP contribution in [0.25, 0.3) is 11.5 Å². The lowest BCUT2D eigenvalue weighted by Gasteiger charge is -2.20. The van der Waals surface area contributed by atoms with Gasteiger partial charge in [-0.05, 0) is 24.6 Å². The Morgan fingerprint density at radius 1 is 1.44 bits per heavy atom. The molecule has 2 N–H and O–H groups in total. The summed E-state index contributed by atoms with van der Waals surface area (Å²) in [7, 11) is -3.98. The summed E-state index contributed by atoms with van der Waals surface area (Å²) in [5.74, 6) is 0.136. The molecule has 3 heterocycles. The molecule has 0 aromatic carbocycles. The third-order valence-electron chi connectivity index (χ3n) is 3.93. The molecule has 1 fully saturated rings. The summed E-state index contributed by atoms with van der Waals surface area (Å²) in [6, 6.07) is 3.26. The van der Waals surface area contributed by atoms with Gasteiger partial charge in [0, 0.05) is 18.7 Å². The van der Waals surface area contributed by atoms with Crippen LogP contribution in [0.15, 0.2) is 51.1 Å². The largest absolute Gasteiger partial charge is 0.440 e. The summed E-state index contributed by atoms with van der Waals surface area (Å²) in [5, 5.41) is 15.4. The molecule has 0 spiro atoms. The lowest BCUT2D eigenvalue weighted by atomic mass is 10.2. The molecule has 0 radical (unpaired) electrons. The fourth-order valence-electron chi connectivity index (χ4n) is 2.76. The molecule has 0 aliphatic carbocycles. The molecular formula is C15H17N3O6S. The lowest BCUT2D eigenvalue weighted by Crippen LogP contribution is -2.39. The van der Waals surface area contributed by atoms with Crippen molar-refractivity contribution in [3.05, 3.63) is 37.1 Å². The third-order valence-corrected chi connectivity index (χ3v) is 5.72. The Bertz CT molecular complexity index is 858. The van der Waals surface area contributed by atoms with Crippen LogP contribution >= 0.6 is 0 Å². The predicted octanol–water partition coefficient (Wildman–Crippen LogP) is 0.361. The molecule has 1 saturated heterocycles. The number of aliphatic hydroxyl groups excluding tert-OH is 1. The van der Waals surface area contributed by atoms with Crippen molar-refractivity contribution in [2.45, 2.75) is 23.6 Å². The maximum absolute atomic E-state index is 12.8. The van der Waals surface area contributed by atoms with Gasteiger partial charge in [0.25, 0.3) is 10.0 Å². The van der Waals surface area contributed by atoms with Crippen molar-refractivity contribution >= 4 is 15.9 Å². The Morgan fingerprint density at radius 3 is 2.88 bits per heavy atom. The Balaban J connectivity index is 1.83. The van der Waals surface area contributed by atoms with Crippen LogP contribution in [0.3, 0.4) is 0 Å². The van der Waals surface area contributed by atoms with Crippen molar-refractivity contribution in [1.29, 1.82) is 0 Å². The zero-order valence-corrected chi connectivity index (χ0v) is 14.0. The number of rotatable bonds is 6. The highest BCUT2D eigenvalue weighted by atomic mass is 32.2. The van der Waals surface area contributed by atoms with Crippen LogP contribution in [0.4, 0.5) is 0 Å². The van der Waals surface area contributed by atoms with Gasteiger partial charge in [-0.3, -0.25) is 4.79 Å². The molecule has 2 unspecified atom stereocenters. The third kappa shape index (κ3) is 3.36. The van der Waals surface area contributed by atoms with Gasteiger partial charge in [-0.15, -0.1) is 0 Å². The van der Waals surface area contributed by atoms with E-state index in [9.17, 15) is 18.3 Å². The molecule has 3 rings (SSSR count). The molecule has 1 aliphatic heterocycles. The van der Waals surface area contributed by atoms with E-state index in [4.69, 9.17) is 8.94 Å². The molecule has 2 atom stereocenters. The summed E-state index contributed by atoms with van der Waals surface area (Å²) >= 11 is 0. The molecule has 0 bridgehead atoms. The van der Waals surface area contributed by atoms with Crippen molar-refractivity contribution in [2.24, 2.45) is 0 Å². The van der Waals surface area contributed by atoms with Gasteiger partial charge in [0.1, 0.15) is 0 Å². The molecule has 1 aliphatic rings. The highest BCUT2D eigenvalue weighted by Crippen LogP contribution is 2.30. The topological polar surface area (TPSA) is 126 Å². The van der Waals surface area contributed by atoms with E-state index in [0.29, 0.717) is 12.2 Å². The van der Waals surface area contributed by atoms with E-state index < -0.39 is 28.0 Å². The van der Waals surface area contributed by atoms with Gasteiger partial charge >= 0.3 is 0 Å². The smallest absolute Gasteiger partial charge is 0.276 e. The minimum atomic E-state index is -3.98. The number of hydrogen-bond donors (Lipinski definition) is 2. The van der Waals surface area contributed by atoms with Crippen molar-refractivity contribution in [1.82, 2.24) is 14.8 Å². The van der Waals surface area contributed by atoms with Gasteiger partial charge in [0.05, 0.1) is 18.8 Å². The highest BCUT2D eigenvalue weighted by Gasteiger charge is 2.41. The number of hydrogen-bond acceptors (Lipinski definition) is 7. The van der Waals surface area contributed by atoms with Crippen LogP contribution in [0.5, 0.6) is 0 Å². The Labute approximate surface area is 143 Å². The number of furan rings is 1. The van der Waals surface area contributed by atoms with Gasteiger partial charge in [-0.2, -0.15) is 4.31 Å². The number of aromatic nitrogens is 1. The van der Waals surface area contributed by atoms with Crippen molar-refractivity contribution in [3.63, 3.8) is 0 Å². The molecule has 2 aromatic rings. The second-order valence-electron chi connectivity index (χ2n) is 5.55. The molecule has 2 aromatic heterocycles. The monoisotopic (exact) mass is 367 g/mol. The second kappa shape index (κ2) is 6.82. The normalized spacial score (nSPS) is 21.3. The van der Waals surface area contributed by atoms with Crippen LogP contribution in [-0.4, -0.2) is 54.1 Å². The van der Waals surface area contributed by atoms with E-state index in [1.165, 1.54) is 18.3 Å². The quantitative estimate of drug-likeness (QED) is 0.706. The SMILES string of the molecule is C=CC(=O)NC1CC(CO)N(S(=O)(=O)c2ccc(-c3ccno3)o2)C1. The van der Waals surface area contributed by atoms with Crippen LogP contribution in [0.1, 0.15) is 6.42 Å². The summed E-state index contributed by atoms with van der Waals surface area (Å²) in [6.45, 7) is 3.03. The van der Waals surface area contributed by atoms with Gasteiger partial charge in [0.2, 0.25) is 16.8 Å². The fraction of sp³-hybridized carbons (Fsp3) is 0.333. The van der Waals surface area contributed by atoms with Crippen molar-refractivity contribution < 1.29 is 27.3 Å². The van der Waals surface area contributed by atoms with Gasteiger partial charge < -0.3 is 19.4 Å². The first-order valence-electron chi connectivity index (χ1n) is 7.52. The van der Waals surface area contributed by atoms with Gasteiger partial charge in [-0.1, -0.05) is 11.7 Å². The summed E-state index contributed by atoms with van der Waals surface area (Å²) in [5.41, 5.74) is 0. The maximum atomic E-state index is 12.8. The lowest BCUT2D eigenvalue weighted by molar-refractivity contribution is -0.117. The van der Waals surface area contributed by atoms with E-state index in [1.807, 2.05) is 0 Å². The standard InChI is InChI=1S/C15H17N3O6S/c1-2-14(20)17-10-7-11(9-19)18(8-10)25(21,22)15-4-3-12(23-15)13-5-6-16-24-13/h2-6,10-11,19H,1,7-9H2,(H,17,20). The summed E-state index contributed by atoms with van der Waals surface area (Å²) in [6.07, 6.45) is 2.83. The Morgan fingerprint density at radius 2 is 2.24 bits per heavy atom. The maximum Gasteiger partial charge on any atom is 0.276 e. The first kappa shape index (κ1) is 17.4. The van der Waals surface area contributed by atoms with Crippen LogP contribution in [0, 0.1) is 0 Å². The van der Waals surface area contributed by atoms with E-state index in [1.54, 1.807) is 6.07 Å². The minimum Gasteiger partial charge on any atom is -0.440 e. The van der Waals surface area contributed by atoms with Crippen LogP contribution < -0.4 is 5.32 Å². The first-order chi connectivity index (χ1) is 12.0. The molecule has 10 heteroatoms. The van der Waals surface area contributed by atoms with Crippen LogP contribution in [-0.2, 0) is 14.8 Å². The number of nitrogens with zero attached hydrogens (tertiary/aromatic N) is 2. The highest BCUT2D eigenvalue weighted by molar-refractivity contribution is 7.89.